The Morgan fingerprint density at radius 2 is 1.75 bits per heavy atom. The van der Waals surface area contributed by atoms with Gasteiger partial charge in [0.1, 0.15) is 5.82 Å². The molecule has 0 radical (unpaired) electrons. The number of aromatic nitrogens is 1. The molecule has 1 aromatic heterocycles. The summed E-state index contributed by atoms with van der Waals surface area (Å²) in [5.41, 5.74) is 12.9. The summed E-state index contributed by atoms with van der Waals surface area (Å²) in [6, 6.07) is 15.9. The molecule has 4 aromatic rings. The molecule has 3 aromatic carbocycles. The zero-order valence-corrected chi connectivity index (χ0v) is 25.2. The minimum Gasteiger partial charge on any atom is -0.367 e. The molecule has 3 N–H and O–H groups in total. The van der Waals surface area contributed by atoms with Crippen LogP contribution in [0.15, 0.2) is 60.7 Å². The van der Waals surface area contributed by atoms with Crippen LogP contribution in [-0.2, 0) is 19.4 Å². The van der Waals surface area contributed by atoms with Crippen molar-refractivity contribution in [1.29, 1.82) is 0 Å². The molecule has 0 aliphatic carbocycles. The van der Waals surface area contributed by atoms with E-state index < -0.39 is 17.5 Å². The number of benzene rings is 3. The number of carbonyl (C=O) groups is 2. The second kappa shape index (κ2) is 12.5. The summed E-state index contributed by atoms with van der Waals surface area (Å²) in [6.45, 7) is 9.05. The maximum Gasteiger partial charge on any atom is 0.254 e. The second-order valence-electron chi connectivity index (χ2n) is 11.8. The lowest BCUT2D eigenvalue weighted by atomic mass is 9.88. The summed E-state index contributed by atoms with van der Waals surface area (Å²) in [5, 5.41) is 2.92. The Labute approximate surface area is 255 Å². The lowest BCUT2D eigenvalue weighted by Crippen LogP contribution is -2.21. The SMILES string of the molecule is CC(C)Cc1nc2c(c(-c3ccc4c(c3)CCN4Cc3ccc(F)c(F)c3)c1C(N)=O)C(=O)NC2C.Cc1ccc(F)cc1. The molecule has 0 spiro atoms. The molecule has 0 fully saturated rings. The first-order valence-electron chi connectivity index (χ1n) is 14.6. The second-order valence-corrected chi connectivity index (χ2v) is 11.8. The maximum atomic E-state index is 13.7. The van der Waals surface area contributed by atoms with Gasteiger partial charge in [-0.15, -0.1) is 0 Å². The topological polar surface area (TPSA) is 88.3 Å². The first-order valence-corrected chi connectivity index (χ1v) is 14.6. The fraction of sp³-hybridized carbons (Fsp3) is 0.286. The van der Waals surface area contributed by atoms with Gasteiger partial charge in [-0.3, -0.25) is 14.6 Å². The molecule has 3 heterocycles. The third kappa shape index (κ3) is 6.32. The fourth-order valence-corrected chi connectivity index (χ4v) is 5.80. The Morgan fingerprint density at radius 1 is 1.02 bits per heavy atom. The van der Waals surface area contributed by atoms with E-state index in [1.54, 1.807) is 18.2 Å². The molecule has 2 aliphatic heterocycles. The van der Waals surface area contributed by atoms with Crippen molar-refractivity contribution in [3.63, 3.8) is 0 Å². The van der Waals surface area contributed by atoms with Crippen LogP contribution in [0.3, 0.4) is 0 Å². The van der Waals surface area contributed by atoms with Crippen LogP contribution in [0.2, 0.25) is 0 Å². The maximum absolute atomic E-state index is 13.7. The average Bonchev–Trinajstić information content (AvgIpc) is 3.50. The standard InChI is InChI=1S/C28H28F2N4O2.C7H7F/c1-14(2)10-21-24(27(31)35)23(25-26(33-21)15(3)32-28(25)36)18-5-7-22-17(12-18)8-9-34(22)13-16-4-6-19(29)20(30)11-16;1-6-2-4-7(8)5-3-6/h4-7,11-12,14-15H,8-10,13H2,1-3H3,(H2,31,35)(H,32,36);2-5H,1H3. The molecule has 2 aliphatic rings. The summed E-state index contributed by atoms with van der Waals surface area (Å²) in [7, 11) is 0. The Hall–Kier alpha value is -4.66. The van der Waals surface area contributed by atoms with Crippen LogP contribution in [0.4, 0.5) is 18.9 Å². The van der Waals surface area contributed by atoms with Crippen LogP contribution in [0, 0.1) is 30.3 Å². The number of primary amides is 1. The third-order valence-electron chi connectivity index (χ3n) is 7.86. The van der Waals surface area contributed by atoms with Gasteiger partial charge in [0, 0.05) is 24.3 Å². The number of halogens is 3. The van der Waals surface area contributed by atoms with Crippen molar-refractivity contribution in [2.75, 3.05) is 11.4 Å². The zero-order valence-electron chi connectivity index (χ0n) is 25.2. The van der Waals surface area contributed by atoms with Gasteiger partial charge in [-0.1, -0.05) is 43.7 Å². The Morgan fingerprint density at radius 3 is 2.39 bits per heavy atom. The van der Waals surface area contributed by atoms with Crippen LogP contribution in [0.1, 0.15) is 75.6 Å². The Kier molecular flexibility index (Phi) is 8.76. The molecule has 9 heteroatoms. The first-order chi connectivity index (χ1) is 20.9. The van der Waals surface area contributed by atoms with Gasteiger partial charge in [-0.2, -0.15) is 0 Å². The lowest BCUT2D eigenvalue weighted by molar-refractivity contribution is 0.0958. The van der Waals surface area contributed by atoms with E-state index in [1.165, 1.54) is 18.2 Å². The number of nitrogens with two attached hydrogens (primary N) is 1. The monoisotopic (exact) mass is 600 g/mol. The molecular weight excluding hydrogens is 565 g/mol. The third-order valence-corrected chi connectivity index (χ3v) is 7.86. The Balaban J connectivity index is 0.000000418. The van der Waals surface area contributed by atoms with Crippen LogP contribution in [0.5, 0.6) is 0 Å². The summed E-state index contributed by atoms with van der Waals surface area (Å²) in [4.78, 5) is 32.5. The molecular formula is C35H35F3N4O2. The van der Waals surface area contributed by atoms with Crippen molar-refractivity contribution in [3.8, 4) is 11.1 Å². The van der Waals surface area contributed by atoms with Gasteiger partial charge in [-0.25, -0.2) is 13.2 Å². The summed E-state index contributed by atoms with van der Waals surface area (Å²) >= 11 is 0. The normalized spacial score (nSPS) is 15.0. The molecule has 6 nitrogen and oxygen atoms in total. The Bertz CT molecular complexity index is 1720. The quantitative estimate of drug-likeness (QED) is 0.254. The molecule has 228 valence electrons. The van der Waals surface area contributed by atoms with Crippen LogP contribution in [0.25, 0.3) is 11.1 Å². The molecule has 0 bridgehead atoms. The summed E-state index contributed by atoms with van der Waals surface area (Å²) in [5.74, 6) is -2.53. The number of hydrogen-bond acceptors (Lipinski definition) is 4. The van der Waals surface area contributed by atoms with Crippen LogP contribution >= 0.6 is 0 Å². The van der Waals surface area contributed by atoms with E-state index in [-0.39, 0.29) is 23.7 Å². The molecule has 2 amide bonds. The van der Waals surface area contributed by atoms with E-state index in [2.05, 4.69) is 10.2 Å². The highest BCUT2D eigenvalue weighted by atomic mass is 19.2. The van der Waals surface area contributed by atoms with Gasteiger partial charge >= 0.3 is 0 Å². The minimum atomic E-state index is -0.865. The molecule has 6 rings (SSSR count). The predicted octanol–water partition coefficient (Wildman–Crippen LogP) is 6.83. The number of fused-ring (bicyclic) bond motifs is 2. The van der Waals surface area contributed by atoms with Gasteiger partial charge in [0.15, 0.2) is 11.6 Å². The van der Waals surface area contributed by atoms with E-state index in [0.717, 1.165) is 34.9 Å². The zero-order chi connectivity index (χ0) is 31.7. The van der Waals surface area contributed by atoms with E-state index in [4.69, 9.17) is 10.7 Å². The number of nitrogens with zero attached hydrogens (tertiary/aromatic N) is 2. The van der Waals surface area contributed by atoms with Crippen molar-refractivity contribution < 1.29 is 22.8 Å². The number of pyridine rings is 1. The highest BCUT2D eigenvalue weighted by molar-refractivity contribution is 6.11. The highest BCUT2D eigenvalue weighted by Crippen LogP contribution is 2.40. The van der Waals surface area contributed by atoms with E-state index in [1.807, 2.05) is 45.9 Å². The highest BCUT2D eigenvalue weighted by Gasteiger charge is 2.35. The first kappa shape index (κ1) is 30.8. The molecule has 0 saturated carbocycles. The fourth-order valence-electron chi connectivity index (χ4n) is 5.80. The van der Waals surface area contributed by atoms with Gasteiger partial charge in [-0.05, 0) is 85.7 Å². The summed E-state index contributed by atoms with van der Waals surface area (Å²) in [6.07, 6.45) is 1.31. The minimum absolute atomic E-state index is 0.171. The van der Waals surface area contributed by atoms with E-state index >= 15 is 0 Å². The van der Waals surface area contributed by atoms with Crippen molar-refractivity contribution in [1.82, 2.24) is 10.3 Å². The molecule has 44 heavy (non-hydrogen) atoms. The predicted molar refractivity (Wildman–Crippen MR) is 165 cm³/mol. The number of nitrogens with one attached hydrogen (secondary N) is 1. The van der Waals surface area contributed by atoms with E-state index in [0.29, 0.717) is 53.2 Å². The largest absolute Gasteiger partial charge is 0.367 e. The van der Waals surface area contributed by atoms with Crippen LogP contribution in [-0.4, -0.2) is 23.3 Å². The van der Waals surface area contributed by atoms with Crippen LogP contribution < -0.4 is 16.0 Å². The number of aryl methyl sites for hydroxylation is 1. The van der Waals surface area contributed by atoms with Crippen molar-refractivity contribution in [2.45, 2.75) is 53.1 Å². The number of anilines is 1. The van der Waals surface area contributed by atoms with Crippen molar-refractivity contribution >= 4 is 17.5 Å². The summed E-state index contributed by atoms with van der Waals surface area (Å²) < 4.78 is 39.1. The number of hydrogen-bond donors (Lipinski definition) is 2. The molecule has 1 atom stereocenters. The van der Waals surface area contributed by atoms with E-state index in [9.17, 15) is 22.8 Å². The van der Waals surface area contributed by atoms with Gasteiger partial charge in [0.05, 0.1) is 28.6 Å². The van der Waals surface area contributed by atoms with Gasteiger partial charge < -0.3 is 16.0 Å². The van der Waals surface area contributed by atoms with Crippen molar-refractivity contribution in [2.24, 2.45) is 11.7 Å². The smallest absolute Gasteiger partial charge is 0.254 e. The number of amides is 2. The number of carbonyl (C=O) groups excluding carboxylic acids is 2. The average molecular weight is 601 g/mol. The molecule has 1 unspecified atom stereocenters. The molecule has 0 saturated heterocycles. The lowest BCUT2D eigenvalue weighted by Gasteiger charge is -2.21. The van der Waals surface area contributed by atoms with Gasteiger partial charge in [0.25, 0.3) is 11.8 Å². The van der Waals surface area contributed by atoms with Gasteiger partial charge in [0.2, 0.25) is 0 Å². The van der Waals surface area contributed by atoms with Crippen molar-refractivity contribution in [3.05, 3.63) is 117 Å². The number of rotatable bonds is 6.